The number of fused-ring (bicyclic) bond motifs is 1. The van der Waals surface area contributed by atoms with Gasteiger partial charge in [-0.25, -0.2) is 13.4 Å². The van der Waals surface area contributed by atoms with Gasteiger partial charge in [-0.1, -0.05) is 31.8 Å². The second kappa shape index (κ2) is 11.0. The fourth-order valence-electron chi connectivity index (χ4n) is 3.59. The predicted molar refractivity (Wildman–Crippen MR) is 151 cm³/mol. The molecule has 2 aromatic heterocycles. The SMILES string of the molecule is Cn1c(C(N)=NCc2cccc(NCOCC[Si](C)(C)C)c2C=N)c(C=N)c2sc(S(C)(=O)=O)nc21. The van der Waals surface area contributed by atoms with Gasteiger partial charge < -0.3 is 31.2 Å². The van der Waals surface area contributed by atoms with E-state index in [0.717, 1.165) is 41.1 Å². The molecular weight excluding hydrogens is 515 g/mol. The van der Waals surface area contributed by atoms with Gasteiger partial charge in [-0.05, 0) is 17.7 Å². The Bertz CT molecular complexity index is 1420. The van der Waals surface area contributed by atoms with Crippen LogP contribution in [0.1, 0.15) is 22.4 Å². The molecule has 3 aromatic rings. The Kier molecular flexibility index (Phi) is 8.49. The van der Waals surface area contributed by atoms with Crippen molar-refractivity contribution >= 4 is 63.5 Å². The van der Waals surface area contributed by atoms with E-state index in [9.17, 15) is 8.42 Å². The number of aryl methyl sites for hydroxylation is 1. The normalized spacial score (nSPS) is 12.8. The number of nitrogens with one attached hydrogen (secondary N) is 3. The van der Waals surface area contributed by atoms with Crippen LogP contribution >= 0.6 is 11.3 Å². The molecule has 0 unspecified atom stereocenters. The van der Waals surface area contributed by atoms with E-state index in [0.29, 0.717) is 40.5 Å². The summed E-state index contributed by atoms with van der Waals surface area (Å²) in [6.45, 7) is 8.19. The number of anilines is 1. The molecule has 0 bridgehead atoms. The zero-order valence-corrected chi connectivity index (χ0v) is 23.8. The molecule has 0 aliphatic carbocycles. The lowest BCUT2D eigenvalue weighted by Crippen LogP contribution is -2.22. The Morgan fingerprint density at radius 3 is 2.58 bits per heavy atom. The average molecular weight is 548 g/mol. The van der Waals surface area contributed by atoms with Crippen LogP contribution in [0.15, 0.2) is 27.5 Å². The molecule has 0 spiro atoms. The van der Waals surface area contributed by atoms with E-state index >= 15 is 0 Å². The molecule has 0 amide bonds. The second-order valence-electron chi connectivity index (χ2n) is 9.63. The maximum Gasteiger partial charge on any atom is 0.211 e. The van der Waals surface area contributed by atoms with Crippen LogP contribution in [0.4, 0.5) is 5.69 Å². The lowest BCUT2D eigenvalue weighted by atomic mass is 10.1. The third-order valence-corrected chi connectivity index (χ3v) is 10.0. The molecule has 3 rings (SSSR count). The summed E-state index contributed by atoms with van der Waals surface area (Å²) in [6, 6.07) is 6.74. The van der Waals surface area contributed by atoms with Crippen LogP contribution < -0.4 is 11.1 Å². The highest BCUT2D eigenvalue weighted by molar-refractivity contribution is 7.92. The van der Waals surface area contributed by atoms with E-state index in [1.54, 1.807) is 11.6 Å². The third-order valence-electron chi connectivity index (χ3n) is 5.57. The minimum atomic E-state index is -3.46. The molecule has 0 aliphatic rings. The monoisotopic (exact) mass is 547 g/mol. The summed E-state index contributed by atoms with van der Waals surface area (Å²) in [4.78, 5) is 8.78. The average Bonchev–Trinajstić information content (AvgIpc) is 3.35. The van der Waals surface area contributed by atoms with Crippen LogP contribution in [0.2, 0.25) is 25.7 Å². The van der Waals surface area contributed by atoms with Crippen molar-refractivity contribution in [1.82, 2.24) is 9.55 Å². The highest BCUT2D eigenvalue weighted by Gasteiger charge is 2.23. The molecule has 1 aromatic carbocycles. The molecule has 0 saturated carbocycles. The van der Waals surface area contributed by atoms with Gasteiger partial charge in [0.2, 0.25) is 14.2 Å². The highest BCUT2D eigenvalue weighted by atomic mass is 32.2. The maximum absolute atomic E-state index is 11.9. The summed E-state index contributed by atoms with van der Waals surface area (Å²) >= 11 is 1.01. The summed E-state index contributed by atoms with van der Waals surface area (Å²) in [7, 11) is -2.90. The second-order valence-corrected chi connectivity index (χ2v) is 18.4. The van der Waals surface area contributed by atoms with Crippen LogP contribution in [0.3, 0.4) is 0 Å². The first kappa shape index (κ1) is 27.7. The number of rotatable bonds is 12. The Morgan fingerprint density at radius 1 is 1.28 bits per heavy atom. The Morgan fingerprint density at radius 2 is 1.97 bits per heavy atom. The quantitative estimate of drug-likeness (QED) is 0.0890. The van der Waals surface area contributed by atoms with Crippen LogP contribution in [0.25, 0.3) is 10.3 Å². The summed E-state index contributed by atoms with van der Waals surface area (Å²) in [6.07, 6.45) is 3.53. The van der Waals surface area contributed by atoms with Crippen LogP contribution in [-0.2, 0) is 28.2 Å². The highest BCUT2D eigenvalue weighted by Crippen LogP contribution is 2.31. The number of aliphatic imine (C=N–C) groups is 1. The van der Waals surface area contributed by atoms with Crippen molar-refractivity contribution in [2.45, 2.75) is 36.6 Å². The van der Waals surface area contributed by atoms with Crippen molar-refractivity contribution in [2.24, 2.45) is 17.8 Å². The van der Waals surface area contributed by atoms with Gasteiger partial charge in [0.05, 0.1) is 16.9 Å². The van der Waals surface area contributed by atoms with Crippen molar-refractivity contribution in [1.29, 1.82) is 10.8 Å². The molecule has 10 nitrogen and oxygen atoms in total. The van der Waals surface area contributed by atoms with Gasteiger partial charge >= 0.3 is 0 Å². The minimum absolute atomic E-state index is 0.00216. The fourth-order valence-corrected chi connectivity index (χ4v) is 6.30. The standard InChI is InChI=1S/C23H33N7O3S2Si/c1-30-19(17(12-25)20-22(30)29-23(34-20)35(2,31)32)21(26)27-13-15-7-6-8-18(16(15)11-24)28-14-33-9-10-36(3,4)5/h6-8,11-12,24-25,28H,9-10,13-14H2,1-5H3,(H2,26,27). The van der Waals surface area contributed by atoms with Crippen molar-refractivity contribution in [3.8, 4) is 0 Å². The number of hydrogen-bond donors (Lipinski definition) is 4. The molecule has 5 N–H and O–H groups in total. The van der Waals surface area contributed by atoms with Gasteiger partial charge in [0, 0.05) is 57.2 Å². The molecule has 0 atom stereocenters. The van der Waals surface area contributed by atoms with Gasteiger partial charge in [-0.15, -0.1) is 11.3 Å². The smallest absolute Gasteiger partial charge is 0.211 e. The summed E-state index contributed by atoms with van der Waals surface area (Å²) in [5.74, 6) is 0.200. The third kappa shape index (κ3) is 6.27. The molecule has 2 heterocycles. The molecule has 0 aliphatic heterocycles. The van der Waals surface area contributed by atoms with Gasteiger partial charge in [-0.3, -0.25) is 4.99 Å². The number of amidine groups is 1. The number of aromatic nitrogens is 2. The molecule has 0 saturated heterocycles. The molecule has 0 fully saturated rings. The van der Waals surface area contributed by atoms with E-state index in [-0.39, 0.29) is 16.7 Å². The maximum atomic E-state index is 11.9. The predicted octanol–water partition coefficient (Wildman–Crippen LogP) is 3.66. The van der Waals surface area contributed by atoms with E-state index in [4.69, 9.17) is 21.3 Å². The summed E-state index contributed by atoms with van der Waals surface area (Å²) < 4.78 is 31.8. The van der Waals surface area contributed by atoms with Gasteiger partial charge in [0.1, 0.15) is 12.6 Å². The summed E-state index contributed by atoms with van der Waals surface area (Å²) in [5, 5.41) is 19.1. The first-order valence-electron chi connectivity index (χ1n) is 11.3. The number of sulfone groups is 1. The lowest BCUT2D eigenvalue weighted by Gasteiger charge is -2.16. The zero-order valence-electron chi connectivity index (χ0n) is 21.2. The number of ether oxygens (including phenoxy) is 1. The van der Waals surface area contributed by atoms with Crippen LogP contribution in [0.5, 0.6) is 0 Å². The number of thiazole rings is 1. The van der Waals surface area contributed by atoms with Crippen LogP contribution in [0, 0.1) is 10.8 Å². The first-order valence-corrected chi connectivity index (χ1v) is 17.7. The van der Waals surface area contributed by atoms with Crippen molar-refractivity contribution in [2.75, 3.05) is 24.9 Å². The van der Waals surface area contributed by atoms with Crippen LogP contribution in [-0.4, -0.2) is 63.9 Å². The molecule has 13 heteroatoms. The number of benzene rings is 1. The number of nitrogens with zero attached hydrogens (tertiary/aromatic N) is 3. The number of nitrogens with two attached hydrogens (primary N) is 1. The van der Waals surface area contributed by atoms with Crippen molar-refractivity contribution < 1.29 is 13.2 Å². The molecular formula is C23H33N7O3S2Si. The Balaban J connectivity index is 1.82. The van der Waals surface area contributed by atoms with Crippen molar-refractivity contribution in [3.63, 3.8) is 0 Å². The lowest BCUT2D eigenvalue weighted by molar-refractivity contribution is 0.166. The van der Waals surface area contributed by atoms with Gasteiger partial charge in [0.15, 0.2) is 5.65 Å². The van der Waals surface area contributed by atoms with Crippen molar-refractivity contribution in [3.05, 3.63) is 40.6 Å². The van der Waals surface area contributed by atoms with E-state index < -0.39 is 17.9 Å². The molecule has 36 heavy (non-hydrogen) atoms. The topological polar surface area (TPSA) is 159 Å². The molecule has 0 radical (unpaired) electrons. The van der Waals surface area contributed by atoms with Gasteiger partial charge in [0.25, 0.3) is 0 Å². The van der Waals surface area contributed by atoms with E-state index in [2.05, 4.69) is 34.9 Å². The number of hydrogen-bond acceptors (Lipinski definition) is 9. The minimum Gasteiger partial charge on any atom is -0.382 e. The largest absolute Gasteiger partial charge is 0.382 e. The summed E-state index contributed by atoms with van der Waals surface area (Å²) in [5.41, 5.74) is 10.0. The Hall–Kier alpha value is -2.87. The fraction of sp³-hybridized carbons (Fsp3) is 0.391. The van der Waals surface area contributed by atoms with E-state index in [1.807, 2.05) is 18.2 Å². The molecule has 194 valence electrons. The zero-order chi connectivity index (χ0) is 26.7. The first-order chi connectivity index (χ1) is 16.9. The van der Waals surface area contributed by atoms with Gasteiger partial charge in [-0.2, -0.15) is 0 Å². The van der Waals surface area contributed by atoms with E-state index in [1.165, 1.54) is 6.21 Å². The Labute approximate surface area is 216 Å².